The van der Waals surface area contributed by atoms with E-state index in [9.17, 15) is 0 Å². The fraction of sp³-hybridized carbons (Fsp3) is 0.562. The summed E-state index contributed by atoms with van der Waals surface area (Å²) >= 11 is 0. The Morgan fingerprint density at radius 1 is 1.22 bits per heavy atom. The Labute approximate surface area is 135 Å². The van der Waals surface area contributed by atoms with Crippen LogP contribution in [-0.4, -0.2) is 59.9 Å². The molecule has 4 rings (SSSR count). The monoisotopic (exact) mass is 315 g/mol. The van der Waals surface area contributed by atoms with Gasteiger partial charge >= 0.3 is 0 Å². The molecule has 0 radical (unpaired) electrons. The Kier molecular flexibility index (Phi) is 3.97. The average Bonchev–Trinajstić information content (AvgIpc) is 3.24. The van der Waals surface area contributed by atoms with E-state index in [1.54, 1.807) is 6.20 Å². The van der Waals surface area contributed by atoms with Crippen molar-refractivity contribution in [3.63, 3.8) is 0 Å². The largest absolute Gasteiger partial charge is 0.378 e. The van der Waals surface area contributed by atoms with Crippen LogP contribution >= 0.6 is 0 Å². The third-order valence-electron chi connectivity index (χ3n) is 4.59. The van der Waals surface area contributed by atoms with Gasteiger partial charge in [0.1, 0.15) is 5.82 Å². The minimum Gasteiger partial charge on any atom is -0.378 e. The predicted molar refractivity (Wildman–Crippen MR) is 85.2 cm³/mol. The van der Waals surface area contributed by atoms with Crippen LogP contribution in [0.2, 0.25) is 0 Å². The molecule has 122 valence electrons. The zero-order valence-corrected chi connectivity index (χ0v) is 13.3. The van der Waals surface area contributed by atoms with Crippen molar-refractivity contribution < 1.29 is 9.26 Å². The fourth-order valence-electron chi connectivity index (χ4n) is 3.23. The molecule has 0 saturated carbocycles. The van der Waals surface area contributed by atoms with Crippen LogP contribution in [0.1, 0.15) is 24.8 Å². The van der Waals surface area contributed by atoms with E-state index in [2.05, 4.69) is 32.0 Å². The van der Waals surface area contributed by atoms with Crippen LogP contribution in [0, 0.1) is 0 Å². The Bertz CT molecular complexity index is 668. The van der Waals surface area contributed by atoms with Gasteiger partial charge in [-0.1, -0.05) is 5.16 Å². The molecule has 2 aliphatic rings. The molecule has 4 heterocycles. The van der Waals surface area contributed by atoms with E-state index in [-0.39, 0.29) is 6.04 Å². The molecule has 23 heavy (non-hydrogen) atoms. The summed E-state index contributed by atoms with van der Waals surface area (Å²) in [5.74, 6) is 2.29. The predicted octanol–water partition coefficient (Wildman–Crippen LogP) is 1.73. The SMILES string of the molecule is CN1CCC[C@H]1c1nc(-c2ccnc(N3CCOCC3)c2)no1. The number of morpholine rings is 1. The number of pyridine rings is 1. The highest BCUT2D eigenvalue weighted by molar-refractivity contribution is 5.59. The second-order valence-corrected chi connectivity index (χ2v) is 6.10. The first-order chi connectivity index (χ1) is 11.3. The molecule has 7 heteroatoms. The van der Waals surface area contributed by atoms with Gasteiger partial charge in [0.25, 0.3) is 0 Å². The number of anilines is 1. The molecule has 2 saturated heterocycles. The van der Waals surface area contributed by atoms with E-state index in [1.165, 1.54) is 6.42 Å². The summed E-state index contributed by atoms with van der Waals surface area (Å²) in [6.07, 6.45) is 4.06. The van der Waals surface area contributed by atoms with E-state index >= 15 is 0 Å². The first kappa shape index (κ1) is 14.6. The van der Waals surface area contributed by atoms with Gasteiger partial charge in [-0.15, -0.1) is 0 Å². The number of nitrogens with zero attached hydrogens (tertiary/aromatic N) is 5. The minimum absolute atomic E-state index is 0.247. The second-order valence-electron chi connectivity index (χ2n) is 6.10. The van der Waals surface area contributed by atoms with Gasteiger partial charge in [0.15, 0.2) is 0 Å². The van der Waals surface area contributed by atoms with Crippen molar-refractivity contribution in [2.75, 3.05) is 44.8 Å². The lowest BCUT2D eigenvalue weighted by atomic mass is 10.2. The Morgan fingerprint density at radius 3 is 2.87 bits per heavy atom. The molecule has 0 aromatic carbocycles. The lowest BCUT2D eigenvalue weighted by Gasteiger charge is -2.27. The topological polar surface area (TPSA) is 67.5 Å². The van der Waals surface area contributed by atoms with Crippen molar-refractivity contribution in [3.8, 4) is 11.4 Å². The van der Waals surface area contributed by atoms with Gasteiger partial charge in [-0.3, -0.25) is 4.90 Å². The summed E-state index contributed by atoms with van der Waals surface area (Å²) in [7, 11) is 2.10. The summed E-state index contributed by atoms with van der Waals surface area (Å²) in [5.41, 5.74) is 0.942. The van der Waals surface area contributed by atoms with Crippen molar-refractivity contribution in [3.05, 3.63) is 24.2 Å². The number of ether oxygens (including phenoxy) is 1. The summed E-state index contributed by atoms with van der Waals surface area (Å²) in [5, 5.41) is 4.17. The van der Waals surface area contributed by atoms with E-state index in [1.807, 2.05) is 12.1 Å². The summed E-state index contributed by atoms with van der Waals surface area (Å²) in [4.78, 5) is 13.6. The lowest BCUT2D eigenvalue weighted by molar-refractivity contribution is 0.122. The molecule has 2 aromatic rings. The number of likely N-dealkylation sites (tertiary alicyclic amines) is 1. The number of hydrogen-bond donors (Lipinski definition) is 0. The van der Waals surface area contributed by atoms with Crippen LogP contribution in [-0.2, 0) is 4.74 Å². The van der Waals surface area contributed by atoms with Gasteiger partial charge < -0.3 is 14.2 Å². The third kappa shape index (κ3) is 2.94. The first-order valence-electron chi connectivity index (χ1n) is 8.14. The van der Waals surface area contributed by atoms with Crippen LogP contribution in [0.15, 0.2) is 22.9 Å². The van der Waals surface area contributed by atoms with Gasteiger partial charge in [0, 0.05) is 24.8 Å². The van der Waals surface area contributed by atoms with Crippen molar-refractivity contribution in [1.82, 2.24) is 20.0 Å². The molecule has 0 unspecified atom stereocenters. The maximum Gasteiger partial charge on any atom is 0.244 e. The maximum absolute atomic E-state index is 5.50. The summed E-state index contributed by atoms with van der Waals surface area (Å²) in [6.45, 7) is 4.29. The van der Waals surface area contributed by atoms with E-state index in [0.29, 0.717) is 11.7 Å². The molecule has 0 spiro atoms. The quantitative estimate of drug-likeness (QED) is 0.854. The zero-order chi connectivity index (χ0) is 15.6. The lowest BCUT2D eigenvalue weighted by Crippen LogP contribution is -2.36. The molecule has 0 N–H and O–H groups in total. The smallest absolute Gasteiger partial charge is 0.244 e. The summed E-state index contributed by atoms with van der Waals surface area (Å²) in [6, 6.07) is 4.20. The number of hydrogen-bond acceptors (Lipinski definition) is 7. The van der Waals surface area contributed by atoms with Gasteiger partial charge in [0.05, 0.1) is 19.3 Å². The maximum atomic E-state index is 5.50. The molecule has 1 atom stereocenters. The molecule has 2 fully saturated rings. The van der Waals surface area contributed by atoms with Crippen LogP contribution in [0.5, 0.6) is 0 Å². The van der Waals surface area contributed by atoms with Gasteiger partial charge in [-0.05, 0) is 38.6 Å². The number of rotatable bonds is 3. The normalized spacial score (nSPS) is 22.7. The second kappa shape index (κ2) is 6.25. The molecule has 0 bridgehead atoms. The van der Waals surface area contributed by atoms with Crippen molar-refractivity contribution in [2.45, 2.75) is 18.9 Å². The van der Waals surface area contributed by atoms with Gasteiger partial charge in [-0.25, -0.2) is 4.98 Å². The van der Waals surface area contributed by atoms with Crippen LogP contribution < -0.4 is 4.90 Å². The van der Waals surface area contributed by atoms with E-state index < -0.39 is 0 Å². The Morgan fingerprint density at radius 2 is 2.09 bits per heavy atom. The Balaban J connectivity index is 1.57. The average molecular weight is 315 g/mol. The van der Waals surface area contributed by atoms with Crippen molar-refractivity contribution in [2.24, 2.45) is 0 Å². The molecule has 2 aromatic heterocycles. The van der Waals surface area contributed by atoms with Crippen molar-refractivity contribution in [1.29, 1.82) is 0 Å². The van der Waals surface area contributed by atoms with Crippen LogP contribution in [0.4, 0.5) is 5.82 Å². The van der Waals surface area contributed by atoms with E-state index in [0.717, 1.165) is 50.7 Å². The molecular formula is C16H21N5O2. The number of aromatic nitrogens is 3. The highest BCUT2D eigenvalue weighted by Crippen LogP contribution is 2.30. The molecule has 7 nitrogen and oxygen atoms in total. The Hall–Kier alpha value is -1.99. The zero-order valence-electron chi connectivity index (χ0n) is 13.3. The minimum atomic E-state index is 0.247. The highest BCUT2D eigenvalue weighted by Gasteiger charge is 2.28. The van der Waals surface area contributed by atoms with Crippen LogP contribution in [0.3, 0.4) is 0 Å². The van der Waals surface area contributed by atoms with E-state index in [4.69, 9.17) is 9.26 Å². The highest BCUT2D eigenvalue weighted by atomic mass is 16.5. The van der Waals surface area contributed by atoms with Crippen molar-refractivity contribution >= 4 is 5.82 Å². The standard InChI is InChI=1S/C16H21N5O2/c1-20-6-2-3-13(20)16-18-15(19-23-16)12-4-5-17-14(11-12)21-7-9-22-10-8-21/h4-5,11,13H,2-3,6-10H2,1H3/t13-/m0/s1. The molecule has 0 amide bonds. The molecule has 2 aliphatic heterocycles. The van der Waals surface area contributed by atoms with Crippen LogP contribution in [0.25, 0.3) is 11.4 Å². The van der Waals surface area contributed by atoms with Gasteiger partial charge in [-0.2, -0.15) is 4.98 Å². The molecular weight excluding hydrogens is 294 g/mol. The fourth-order valence-corrected chi connectivity index (χ4v) is 3.23. The summed E-state index contributed by atoms with van der Waals surface area (Å²) < 4.78 is 10.9. The molecule has 0 aliphatic carbocycles. The van der Waals surface area contributed by atoms with Gasteiger partial charge in [0.2, 0.25) is 11.7 Å². The third-order valence-corrected chi connectivity index (χ3v) is 4.59. The first-order valence-corrected chi connectivity index (χ1v) is 8.14.